The standard InChI is InChI=1S/C14H18O2/c1-11(2)3-4-12-5-7-13(8-6-12)9-10-14(15)16/h5-11H,3-4H2,1-2H3,(H,15,16). The van der Waals surface area contributed by atoms with Crippen LogP contribution in [0.4, 0.5) is 0 Å². The first-order valence-electron chi connectivity index (χ1n) is 5.58. The zero-order valence-electron chi connectivity index (χ0n) is 9.81. The predicted molar refractivity (Wildman–Crippen MR) is 66.3 cm³/mol. The van der Waals surface area contributed by atoms with Gasteiger partial charge in [-0.2, -0.15) is 0 Å². The molecule has 0 aliphatic heterocycles. The molecule has 0 unspecified atom stereocenters. The first-order valence-corrected chi connectivity index (χ1v) is 5.58. The van der Waals surface area contributed by atoms with Crippen LogP contribution in [0.2, 0.25) is 0 Å². The average molecular weight is 218 g/mol. The van der Waals surface area contributed by atoms with Gasteiger partial charge in [0.1, 0.15) is 0 Å². The Bertz CT molecular complexity index is 361. The zero-order chi connectivity index (χ0) is 12.0. The minimum Gasteiger partial charge on any atom is -0.478 e. The lowest BCUT2D eigenvalue weighted by Crippen LogP contribution is -1.92. The van der Waals surface area contributed by atoms with E-state index >= 15 is 0 Å². The summed E-state index contributed by atoms with van der Waals surface area (Å²) >= 11 is 0. The third-order valence-corrected chi connectivity index (χ3v) is 2.41. The molecule has 0 spiro atoms. The van der Waals surface area contributed by atoms with Crippen molar-refractivity contribution >= 4 is 12.0 Å². The summed E-state index contributed by atoms with van der Waals surface area (Å²) < 4.78 is 0. The molecule has 0 aliphatic carbocycles. The van der Waals surface area contributed by atoms with E-state index in [9.17, 15) is 4.79 Å². The summed E-state index contributed by atoms with van der Waals surface area (Å²) in [4.78, 5) is 10.3. The summed E-state index contributed by atoms with van der Waals surface area (Å²) in [6.45, 7) is 4.42. The monoisotopic (exact) mass is 218 g/mol. The molecular weight excluding hydrogens is 200 g/mol. The van der Waals surface area contributed by atoms with Gasteiger partial charge in [-0.15, -0.1) is 0 Å². The first-order chi connectivity index (χ1) is 7.58. The van der Waals surface area contributed by atoms with E-state index in [1.54, 1.807) is 6.08 Å². The summed E-state index contributed by atoms with van der Waals surface area (Å²) in [5, 5.41) is 8.49. The molecule has 0 saturated heterocycles. The van der Waals surface area contributed by atoms with Crippen LogP contribution in [0.1, 0.15) is 31.4 Å². The number of hydrogen-bond acceptors (Lipinski definition) is 1. The molecule has 0 radical (unpaired) electrons. The third kappa shape index (κ3) is 4.78. The zero-order valence-corrected chi connectivity index (χ0v) is 9.81. The first kappa shape index (κ1) is 12.5. The van der Waals surface area contributed by atoms with Crippen molar-refractivity contribution < 1.29 is 9.90 Å². The Kier molecular flexibility index (Phi) is 4.77. The minimum absolute atomic E-state index is 0.714. The third-order valence-electron chi connectivity index (χ3n) is 2.41. The van der Waals surface area contributed by atoms with Crippen LogP contribution in [0, 0.1) is 5.92 Å². The van der Waals surface area contributed by atoms with Crippen LogP contribution in [0.25, 0.3) is 6.08 Å². The van der Waals surface area contributed by atoms with E-state index in [0.29, 0.717) is 5.92 Å². The van der Waals surface area contributed by atoms with Gasteiger partial charge in [-0.25, -0.2) is 4.79 Å². The predicted octanol–water partition coefficient (Wildman–Crippen LogP) is 3.37. The van der Waals surface area contributed by atoms with Crippen LogP contribution in [-0.2, 0) is 11.2 Å². The van der Waals surface area contributed by atoms with Crippen molar-refractivity contribution in [1.82, 2.24) is 0 Å². The number of benzene rings is 1. The molecule has 16 heavy (non-hydrogen) atoms. The van der Waals surface area contributed by atoms with E-state index < -0.39 is 5.97 Å². The van der Waals surface area contributed by atoms with Gasteiger partial charge in [0.05, 0.1) is 0 Å². The largest absolute Gasteiger partial charge is 0.478 e. The molecule has 1 rings (SSSR count). The van der Waals surface area contributed by atoms with Crippen LogP contribution >= 0.6 is 0 Å². The normalized spacial score (nSPS) is 11.2. The maximum absolute atomic E-state index is 10.3. The molecule has 2 nitrogen and oxygen atoms in total. The smallest absolute Gasteiger partial charge is 0.328 e. The van der Waals surface area contributed by atoms with Crippen LogP contribution in [0.15, 0.2) is 30.3 Å². The van der Waals surface area contributed by atoms with E-state index in [2.05, 4.69) is 26.0 Å². The lowest BCUT2D eigenvalue weighted by Gasteiger charge is -2.04. The van der Waals surface area contributed by atoms with Crippen molar-refractivity contribution in [2.75, 3.05) is 0 Å². The van der Waals surface area contributed by atoms with Gasteiger partial charge in [0, 0.05) is 6.08 Å². The fraction of sp³-hybridized carbons (Fsp3) is 0.357. The number of aryl methyl sites for hydroxylation is 1. The number of rotatable bonds is 5. The van der Waals surface area contributed by atoms with E-state index in [0.717, 1.165) is 18.1 Å². The van der Waals surface area contributed by atoms with Crippen LogP contribution < -0.4 is 0 Å². The van der Waals surface area contributed by atoms with Crippen LogP contribution in [0.5, 0.6) is 0 Å². The molecule has 0 amide bonds. The van der Waals surface area contributed by atoms with E-state index in [1.807, 2.05) is 12.1 Å². The second-order valence-electron chi connectivity index (χ2n) is 4.35. The maximum atomic E-state index is 10.3. The van der Waals surface area contributed by atoms with E-state index in [4.69, 9.17) is 5.11 Å². The molecule has 0 saturated carbocycles. The van der Waals surface area contributed by atoms with E-state index in [1.165, 1.54) is 12.0 Å². The molecule has 0 atom stereocenters. The SMILES string of the molecule is CC(C)CCc1ccc(C=CC(=O)O)cc1. The summed E-state index contributed by atoms with van der Waals surface area (Å²) in [7, 11) is 0. The fourth-order valence-electron chi connectivity index (χ4n) is 1.42. The molecular formula is C14H18O2. The number of carboxylic acids is 1. The van der Waals surface area contributed by atoms with Crippen molar-refractivity contribution in [1.29, 1.82) is 0 Å². The van der Waals surface area contributed by atoms with Crippen LogP contribution in [-0.4, -0.2) is 11.1 Å². The Labute approximate surface area is 96.6 Å². The molecule has 1 aromatic rings. The summed E-state index contributed by atoms with van der Waals surface area (Å²) in [5.74, 6) is -0.199. The Morgan fingerprint density at radius 1 is 1.31 bits per heavy atom. The molecule has 1 N–H and O–H groups in total. The molecule has 0 bridgehead atoms. The maximum Gasteiger partial charge on any atom is 0.328 e. The number of carboxylic acid groups (broad SMARTS) is 1. The highest BCUT2D eigenvalue weighted by Crippen LogP contribution is 2.11. The molecule has 2 heteroatoms. The summed E-state index contributed by atoms with van der Waals surface area (Å²) in [6, 6.07) is 8.03. The second kappa shape index (κ2) is 6.11. The quantitative estimate of drug-likeness (QED) is 0.769. The molecule has 1 aromatic carbocycles. The number of carbonyl (C=O) groups is 1. The molecule has 0 heterocycles. The minimum atomic E-state index is -0.913. The van der Waals surface area contributed by atoms with Gasteiger partial charge in [0.25, 0.3) is 0 Å². The van der Waals surface area contributed by atoms with Crippen molar-refractivity contribution in [3.63, 3.8) is 0 Å². The van der Waals surface area contributed by atoms with Crippen molar-refractivity contribution in [2.45, 2.75) is 26.7 Å². The Hall–Kier alpha value is -1.57. The van der Waals surface area contributed by atoms with Gasteiger partial charge in [-0.3, -0.25) is 0 Å². The highest BCUT2D eigenvalue weighted by molar-refractivity contribution is 5.85. The van der Waals surface area contributed by atoms with Gasteiger partial charge >= 0.3 is 5.97 Å². The van der Waals surface area contributed by atoms with Crippen LogP contribution in [0.3, 0.4) is 0 Å². The lowest BCUT2D eigenvalue weighted by molar-refractivity contribution is -0.131. The second-order valence-corrected chi connectivity index (χ2v) is 4.35. The molecule has 0 aliphatic rings. The fourth-order valence-corrected chi connectivity index (χ4v) is 1.42. The van der Waals surface area contributed by atoms with E-state index in [-0.39, 0.29) is 0 Å². The van der Waals surface area contributed by atoms with Gasteiger partial charge in [-0.1, -0.05) is 38.1 Å². The highest BCUT2D eigenvalue weighted by Gasteiger charge is 1.97. The lowest BCUT2D eigenvalue weighted by atomic mass is 10.0. The van der Waals surface area contributed by atoms with Gasteiger partial charge in [-0.05, 0) is 36.0 Å². The molecule has 86 valence electrons. The highest BCUT2D eigenvalue weighted by atomic mass is 16.4. The summed E-state index contributed by atoms with van der Waals surface area (Å²) in [5.41, 5.74) is 2.23. The van der Waals surface area contributed by atoms with Crippen molar-refractivity contribution in [3.8, 4) is 0 Å². The number of hydrogen-bond donors (Lipinski definition) is 1. The van der Waals surface area contributed by atoms with Gasteiger partial charge < -0.3 is 5.11 Å². The van der Waals surface area contributed by atoms with Gasteiger partial charge in [0.2, 0.25) is 0 Å². The van der Waals surface area contributed by atoms with Crippen molar-refractivity contribution in [2.24, 2.45) is 5.92 Å². The molecule has 0 aromatic heterocycles. The topological polar surface area (TPSA) is 37.3 Å². The Morgan fingerprint density at radius 2 is 1.94 bits per heavy atom. The molecule has 0 fully saturated rings. The van der Waals surface area contributed by atoms with Crippen molar-refractivity contribution in [3.05, 3.63) is 41.5 Å². The number of aliphatic carboxylic acids is 1. The Morgan fingerprint density at radius 3 is 2.44 bits per heavy atom. The van der Waals surface area contributed by atoms with Gasteiger partial charge in [0.15, 0.2) is 0 Å². The average Bonchev–Trinajstić information content (AvgIpc) is 2.25. The summed E-state index contributed by atoms with van der Waals surface area (Å²) in [6.07, 6.45) is 5.03. The Balaban J connectivity index is 2.57.